The second-order valence-electron chi connectivity index (χ2n) is 8.34. The van der Waals surface area contributed by atoms with Crippen LogP contribution in [0, 0.1) is 19.7 Å². The predicted molar refractivity (Wildman–Crippen MR) is 125 cm³/mol. The van der Waals surface area contributed by atoms with Gasteiger partial charge in [-0.2, -0.15) is 5.10 Å². The molecule has 3 aromatic heterocycles. The maximum atomic E-state index is 13.2. The quantitative estimate of drug-likeness (QED) is 0.466. The SMILES string of the molecule is Cc1ncn(-c2cc(N3CCN(C(=O)c4cc(-c5ccc(F)cc5)nn4C)CC3)ncn2)c1C. The Kier molecular flexibility index (Phi) is 5.56. The molecule has 34 heavy (non-hydrogen) atoms. The number of aryl methyl sites for hydroxylation is 2. The molecule has 9 nitrogen and oxygen atoms in total. The predicted octanol–water partition coefficient (Wildman–Crippen LogP) is 2.78. The van der Waals surface area contributed by atoms with Crippen molar-refractivity contribution < 1.29 is 9.18 Å². The number of carbonyl (C=O) groups is 1. The molecule has 0 saturated carbocycles. The standard InChI is InChI=1S/C24H25FN8O/c1-16-17(2)33(15-28-16)23-13-22(26-14-27-23)31-8-10-32(11-9-31)24(34)21-12-20(29-30(21)3)18-4-6-19(25)7-5-18/h4-7,12-15H,8-11H2,1-3H3. The molecule has 0 spiro atoms. The van der Waals surface area contributed by atoms with Gasteiger partial charge in [-0.3, -0.25) is 14.0 Å². The molecule has 4 heterocycles. The topological polar surface area (TPSA) is 85.0 Å². The Morgan fingerprint density at radius 3 is 2.32 bits per heavy atom. The summed E-state index contributed by atoms with van der Waals surface area (Å²) in [7, 11) is 1.75. The van der Waals surface area contributed by atoms with Crippen molar-refractivity contribution >= 4 is 11.7 Å². The highest BCUT2D eigenvalue weighted by molar-refractivity contribution is 5.94. The van der Waals surface area contributed by atoms with Crippen molar-refractivity contribution in [2.75, 3.05) is 31.1 Å². The van der Waals surface area contributed by atoms with Gasteiger partial charge < -0.3 is 9.80 Å². The largest absolute Gasteiger partial charge is 0.353 e. The normalized spacial score (nSPS) is 14.0. The van der Waals surface area contributed by atoms with E-state index < -0.39 is 0 Å². The van der Waals surface area contributed by atoms with Gasteiger partial charge >= 0.3 is 0 Å². The summed E-state index contributed by atoms with van der Waals surface area (Å²) in [6, 6.07) is 9.80. The number of anilines is 1. The molecule has 1 saturated heterocycles. The van der Waals surface area contributed by atoms with Crippen molar-refractivity contribution in [2.24, 2.45) is 7.05 Å². The van der Waals surface area contributed by atoms with Gasteiger partial charge in [0.2, 0.25) is 0 Å². The fourth-order valence-electron chi connectivity index (χ4n) is 4.10. The fourth-order valence-corrected chi connectivity index (χ4v) is 4.10. The van der Waals surface area contributed by atoms with Crippen LogP contribution < -0.4 is 4.90 Å². The number of benzene rings is 1. The average molecular weight is 461 g/mol. The van der Waals surface area contributed by atoms with Crippen LogP contribution in [0.15, 0.2) is 49.1 Å². The van der Waals surface area contributed by atoms with Gasteiger partial charge in [-0.25, -0.2) is 19.3 Å². The second-order valence-corrected chi connectivity index (χ2v) is 8.34. The number of halogens is 1. The Morgan fingerprint density at radius 1 is 0.941 bits per heavy atom. The molecule has 0 bridgehead atoms. The Bertz CT molecular complexity index is 1340. The maximum absolute atomic E-state index is 13.2. The van der Waals surface area contributed by atoms with Gasteiger partial charge in [0.05, 0.1) is 11.4 Å². The van der Waals surface area contributed by atoms with Gasteiger partial charge in [-0.05, 0) is 44.2 Å². The molecule has 0 radical (unpaired) electrons. The number of imidazole rings is 1. The second kappa shape index (κ2) is 8.69. The monoisotopic (exact) mass is 460 g/mol. The lowest BCUT2D eigenvalue weighted by molar-refractivity contribution is 0.0735. The zero-order valence-corrected chi connectivity index (χ0v) is 19.3. The van der Waals surface area contributed by atoms with E-state index in [-0.39, 0.29) is 11.7 Å². The molecule has 0 aliphatic carbocycles. The number of carbonyl (C=O) groups excluding carboxylic acids is 1. The lowest BCUT2D eigenvalue weighted by Crippen LogP contribution is -2.49. The van der Waals surface area contributed by atoms with Crippen LogP contribution in [0.25, 0.3) is 17.1 Å². The number of rotatable bonds is 4. The van der Waals surface area contributed by atoms with E-state index in [0.717, 1.165) is 28.6 Å². The molecule has 0 N–H and O–H groups in total. The van der Waals surface area contributed by atoms with Crippen molar-refractivity contribution in [3.8, 4) is 17.1 Å². The van der Waals surface area contributed by atoms with Gasteiger partial charge in [0, 0.05) is 50.6 Å². The lowest BCUT2D eigenvalue weighted by Gasteiger charge is -2.35. The van der Waals surface area contributed by atoms with Crippen LogP contribution in [-0.4, -0.2) is 66.3 Å². The smallest absolute Gasteiger partial charge is 0.272 e. The van der Waals surface area contributed by atoms with Gasteiger partial charge in [0.1, 0.15) is 35.8 Å². The Labute approximate surface area is 196 Å². The van der Waals surface area contributed by atoms with E-state index in [1.54, 1.807) is 42.6 Å². The third kappa shape index (κ3) is 4.02. The number of hydrogen-bond acceptors (Lipinski definition) is 6. The highest BCUT2D eigenvalue weighted by atomic mass is 19.1. The van der Waals surface area contributed by atoms with Crippen LogP contribution in [0.3, 0.4) is 0 Å². The van der Waals surface area contributed by atoms with E-state index in [9.17, 15) is 9.18 Å². The number of hydrogen-bond donors (Lipinski definition) is 0. The molecule has 0 unspecified atom stereocenters. The molecule has 1 aliphatic rings. The molecule has 5 rings (SSSR count). The summed E-state index contributed by atoms with van der Waals surface area (Å²) >= 11 is 0. The summed E-state index contributed by atoms with van der Waals surface area (Å²) < 4.78 is 16.8. The van der Waals surface area contributed by atoms with Gasteiger partial charge in [0.25, 0.3) is 5.91 Å². The summed E-state index contributed by atoms with van der Waals surface area (Å²) in [5.74, 6) is 1.21. The summed E-state index contributed by atoms with van der Waals surface area (Å²) in [6.45, 7) is 6.43. The number of aromatic nitrogens is 6. The van der Waals surface area contributed by atoms with Crippen LogP contribution in [0.1, 0.15) is 21.9 Å². The first-order valence-electron chi connectivity index (χ1n) is 11.1. The molecule has 0 atom stereocenters. The molecule has 1 aromatic carbocycles. The van der Waals surface area contributed by atoms with Crippen molar-refractivity contribution in [3.63, 3.8) is 0 Å². The number of nitrogens with zero attached hydrogens (tertiary/aromatic N) is 8. The average Bonchev–Trinajstić information content (AvgIpc) is 3.41. The van der Waals surface area contributed by atoms with Crippen molar-refractivity contribution in [2.45, 2.75) is 13.8 Å². The molecule has 1 amide bonds. The first-order valence-corrected chi connectivity index (χ1v) is 11.1. The molecule has 10 heteroatoms. The molecule has 4 aromatic rings. The van der Waals surface area contributed by atoms with Crippen LogP contribution in [0.5, 0.6) is 0 Å². The Balaban J connectivity index is 1.28. The van der Waals surface area contributed by atoms with Crippen LogP contribution in [0.2, 0.25) is 0 Å². The number of piperazine rings is 1. The van der Waals surface area contributed by atoms with E-state index in [0.29, 0.717) is 37.6 Å². The molecule has 1 aliphatic heterocycles. The third-order valence-electron chi connectivity index (χ3n) is 6.27. The van der Waals surface area contributed by atoms with E-state index in [4.69, 9.17) is 0 Å². The van der Waals surface area contributed by atoms with Crippen molar-refractivity contribution in [1.82, 2.24) is 34.2 Å². The number of amides is 1. The molecule has 1 fully saturated rings. The molecular formula is C24H25FN8O. The van der Waals surface area contributed by atoms with Crippen LogP contribution in [-0.2, 0) is 7.05 Å². The van der Waals surface area contributed by atoms with Crippen LogP contribution >= 0.6 is 0 Å². The zero-order chi connectivity index (χ0) is 23.8. The maximum Gasteiger partial charge on any atom is 0.272 e. The molecule has 174 valence electrons. The van der Waals surface area contributed by atoms with Crippen molar-refractivity contribution in [3.05, 3.63) is 72.0 Å². The first kappa shape index (κ1) is 21.7. The highest BCUT2D eigenvalue weighted by Gasteiger charge is 2.26. The highest BCUT2D eigenvalue weighted by Crippen LogP contribution is 2.22. The van der Waals surface area contributed by atoms with Gasteiger partial charge in [-0.15, -0.1) is 0 Å². The van der Waals surface area contributed by atoms with E-state index in [2.05, 4.69) is 25.0 Å². The first-order chi connectivity index (χ1) is 16.4. The minimum absolute atomic E-state index is 0.0732. The zero-order valence-electron chi connectivity index (χ0n) is 19.3. The van der Waals surface area contributed by atoms with Gasteiger partial charge in [0.15, 0.2) is 0 Å². The molecular weight excluding hydrogens is 435 g/mol. The van der Waals surface area contributed by atoms with E-state index in [1.165, 1.54) is 12.1 Å². The summed E-state index contributed by atoms with van der Waals surface area (Å²) in [4.78, 5) is 30.4. The minimum atomic E-state index is -0.306. The fraction of sp³-hybridized carbons (Fsp3) is 0.292. The summed E-state index contributed by atoms with van der Waals surface area (Å²) in [6.07, 6.45) is 3.32. The van der Waals surface area contributed by atoms with Gasteiger partial charge in [-0.1, -0.05) is 0 Å². The third-order valence-corrected chi connectivity index (χ3v) is 6.27. The summed E-state index contributed by atoms with van der Waals surface area (Å²) in [5, 5.41) is 4.45. The Morgan fingerprint density at radius 2 is 1.65 bits per heavy atom. The summed E-state index contributed by atoms with van der Waals surface area (Å²) in [5.41, 5.74) is 3.91. The van der Waals surface area contributed by atoms with E-state index >= 15 is 0 Å². The van der Waals surface area contributed by atoms with Crippen molar-refractivity contribution in [1.29, 1.82) is 0 Å². The minimum Gasteiger partial charge on any atom is -0.353 e. The van der Waals surface area contributed by atoms with Crippen LogP contribution in [0.4, 0.5) is 10.2 Å². The lowest BCUT2D eigenvalue weighted by atomic mass is 10.1. The Hall–Kier alpha value is -4.08. The van der Waals surface area contributed by atoms with E-state index in [1.807, 2.05) is 29.4 Å².